The monoisotopic (exact) mass is 252 g/mol. The number of hydrogen-bond acceptors (Lipinski definition) is 2. The van der Waals surface area contributed by atoms with Crippen LogP contribution in [0.15, 0.2) is 0 Å². The van der Waals surface area contributed by atoms with Gasteiger partial charge in [-0.2, -0.15) is 0 Å². The second-order valence-electron chi connectivity index (χ2n) is 6.34. The van der Waals surface area contributed by atoms with Crippen LogP contribution in [0.4, 0.5) is 0 Å². The van der Waals surface area contributed by atoms with Gasteiger partial charge in [-0.25, -0.2) is 0 Å². The first-order chi connectivity index (χ1) is 8.76. The summed E-state index contributed by atoms with van der Waals surface area (Å²) in [7, 11) is 2.18. The lowest BCUT2D eigenvalue weighted by molar-refractivity contribution is 0.0612. The Morgan fingerprint density at radius 1 is 1.17 bits per heavy atom. The Morgan fingerprint density at radius 2 is 1.78 bits per heavy atom. The molecule has 0 saturated heterocycles. The van der Waals surface area contributed by atoms with Gasteiger partial charge in [0.2, 0.25) is 0 Å². The van der Waals surface area contributed by atoms with Crippen LogP contribution < -0.4 is 5.32 Å². The molecule has 2 nitrogen and oxygen atoms in total. The molecule has 0 spiro atoms. The lowest BCUT2D eigenvalue weighted by Gasteiger charge is -2.46. The van der Waals surface area contributed by atoms with Crippen molar-refractivity contribution in [3.05, 3.63) is 0 Å². The standard InChI is InChI=1S/C16H32N2/c1-4-18(5-2)16(12-6-7-13-16)15(17-3)11-10-14-8-9-14/h14-15,17H,4-13H2,1-3H3. The van der Waals surface area contributed by atoms with Gasteiger partial charge in [0, 0.05) is 11.6 Å². The van der Waals surface area contributed by atoms with Crippen molar-refractivity contribution in [2.24, 2.45) is 5.92 Å². The van der Waals surface area contributed by atoms with Crippen LogP contribution in [0.3, 0.4) is 0 Å². The van der Waals surface area contributed by atoms with Gasteiger partial charge in [0.1, 0.15) is 0 Å². The first-order valence-electron chi connectivity index (χ1n) is 8.19. The largest absolute Gasteiger partial charge is 0.315 e. The maximum atomic E-state index is 3.68. The van der Waals surface area contributed by atoms with Crippen LogP contribution in [-0.4, -0.2) is 36.6 Å². The summed E-state index contributed by atoms with van der Waals surface area (Å²) >= 11 is 0. The Morgan fingerprint density at radius 3 is 2.22 bits per heavy atom. The zero-order chi connectivity index (χ0) is 13.0. The predicted octanol–water partition coefficient (Wildman–Crippen LogP) is 3.42. The summed E-state index contributed by atoms with van der Waals surface area (Å²) in [5.41, 5.74) is 0.465. The summed E-state index contributed by atoms with van der Waals surface area (Å²) in [4.78, 5) is 2.74. The molecule has 0 aromatic rings. The van der Waals surface area contributed by atoms with Gasteiger partial charge in [-0.05, 0) is 51.7 Å². The Balaban J connectivity index is 2.04. The molecule has 2 saturated carbocycles. The van der Waals surface area contributed by atoms with E-state index in [1.165, 1.54) is 64.5 Å². The van der Waals surface area contributed by atoms with Crippen molar-refractivity contribution in [1.29, 1.82) is 0 Å². The van der Waals surface area contributed by atoms with Crippen LogP contribution in [0, 0.1) is 5.92 Å². The molecule has 0 radical (unpaired) electrons. The van der Waals surface area contributed by atoms with E-state index in [-0.39, 0.29) is 0 Å². The highest BCUT2D eigenvalue weighted by Gasteiger charge is 2.44. The van der Waals surface area contributed by atoms with Gasteiger partial charge in [-0.1, -0.05) is 39.5 Å². The van der Waals surface area contributed by atoms with Crippen LogP contribution in [-0.2, 0) is 0 Å². The van der Waals surface area contributed by atoms with Crippen LogP contribution in [0.1, 0.15) is 65.2 Å². The van der Waals surface area contributed by atoms with E-state index in [1.807, 2.05) is 0 Å². The second kappa shape index (κ2) is 6.38. The maximum absolute atomic E-state index is 3.68. The molecular weight excluding hydrogens is 220 g/mol. The van der Waals surface area contributed by atoms with E-state index in [0.29, 0.717) is 11.6 Å². The number of nitrogens with zero attached hydrogens (tertiary/aromatic N) is 1. The van der Waals surface area contributed by atoms with Gasteiger partial charge < -0.3 is 5.32 Å². The molecule has 2 aliphatic carbocycles. The predicted molar refractivity (Wildman–Crippen MR) is 78.9 cm³/mol. The minimum Gasteiger partial charge on any atom is -0.315 e. The second-order valence-corrected chi connectivity index (χ2v) is 6.34. The summed E-state index contributed by atoms with van der Waals surface area (Å²) in [6, 6.07) is 0.709. The topological polar surface area (TPSA) is 15.3 Å². The van der Waals surface area contributed by atoms with E-state index >= 15 is 0 Å². The normalized spacial score (nSPS) is 24.7. The SMILES string of the molecule is CCN(CC)C1(C(CCC2CC2)NC)CCCC1. The van der Waals surface area contributed by atoms with Gasteiger partial charge in [0.15, 0.2) is 0 Å². The summed E-state index contributed by atoms with van der Waals surface area (Å²) in [6.45, 7) is 7.07. The summed E-state index contributed by atoms with van der Waals surface area (Å²) in [5.74, 6) is 1.07. The van der Waals surface area contributed by atoms with Crippen LogP contribution in [0.25, 0.3) is 0 Å². The lowest BCUT2D eigenvalue weighted by Crippen LogP contribution is -2.59. The fourth-order valence-electron chi connectivity index (χ4n) is 4.22. The van der Waals surface area contributed by atoms with E-state index < -0.39 is 0 Å². The molecule has 1 unspecified atom stereocenters. The fourth-order valence-corrected chi connectivity index (χ4v) is 4.22. The number of rotatable bonds is 8. The van der Waals surface area contributed by atoms with E-state index in [9.17, 15) is 0 Å². The average molecular weight is 252 g/mol. The molecule has 0 aromatic heterocycles. The Kier molecular flexibility index (Phi) is 5.08. The van der Waals surface area contributed by atoms with Crippen LogP contribution >= 0.6 is 0 Å². The van der Waals surface area contributed by atoms with Crippen molar-refractivity contribution in [2.45, 2.75) is 76.8 Å². The van der Waals surface area contributed by atoms with Crippen molar-refractivity contribution in [1.82, 2.24) is 10.2 Å². The Hall–Kier alpha value is -0.0800. The molecule has 1 atom stereocenters. The smallest absolute Gasteiger partial charge is 0.0362 e. The first-order valence-corrected chi connectivity index (χ1v) is 8.19. The third-order valence-electron chi connectivity index (χ3n) is 5.42. The fraction of sp³-hybridized carbons (Fsp3) is 1.00. The molecule has 0 aliphatic heterocycles. The lowest BCUT2D eigenvalue weighted by atomic mass is 9.83. The zero-order valence-electron chi connectivity index (χ0n) is 12.7. The van der Waals surface area contributed by atoms with E-state index in [2.05, 4.69) is 31.1 Å². The maximum Gasteiger partial charge on any atom is 0.0362 e. The molecule has 0 amide bonds. The third-order valence-corrected chi connectivity index (χ3v) is 5.42. The third kappa shape index (κ3) is 2.91. The van der Waals surface area contributed by atoms with E-state index in [4.69, 9.17) is 0 Å². The molecule has 0 heterocycles. The molecule has 2 fully saturated rings. The molecule has 0 bridgehead atoms. The molecule has 106 valence electrons. The van der Waals surface area contributed by atoms with Crippen molar-refractivity contribution in [3.63, 3.8) is 0 Å². The highest BCUT2D eigenvalue weighted by Crippen LogP contribution is 2.41. The van der Waals surface area contributed by atoms with Gasteiger partial charge >= 0.3 is 0 Å². The quantitative estimate of drug-likeness (QED) is 0.712. The van der Waals surface area contributed by atoms with Gasteiger partial charge in [0.25, 0.3) is 0 Å². The summed E-state index contributed by atoms with van der Waals surface area (Å²) < 4.78 is 0. The molecule has 2 aliphatic rings. The molecule has 0 aromatic carbocycles. The Labute approximate surface area is 114 Å². The van der Waals surface area contributed by atoms with Crippen molar-refractivity contribution < 1.29 is 0 Å². The minimum atomic E-state index is 0.465. The van der Waals surface area contributed by atoms with Gasteiger partial charge in [-0.15, -0.1) is 0 Å². The number of likely N-dealkylation sites (N-methyl/N-ethyl adjacent to an activating group) is 2. The molecule has 18 heavy (non-hydrogen) atoms. The number of nitrogens with one attached hydrogen (secondary N) is 1. The van der Waals surface area contributed by atoms with Crippen molar-refractivity contribution in [3.8, 4) is 0 Å². The molecule has 2 rings (SSSR count). The molecular formula is C16H32N2. The molecule has 2 heteroatoms. The highest BCUT2D eigenvalue weighted by molar-refractivity contribution is 5.03. The van der Waals surface area contributed by atoms with Crippen LogP contribution in [0.5, 0.6) is 0 Å². The van der Waals surface area contributed by atoms with Crippen molar-refractivity contribution >= 4 is 0 Å². The van der Waals surface area contributed by atoms with E-state index in [0.717, 1.165) is 5.92 Å². The average Bonchev–Trinajstić information content (AvgIpc) is 3.09. The summed E-state index contributed by atoms with van der Waals surface area (Å²) in [6.07, 6.45) is 11.5. The van der Waals surface area contributed by atoms with E-state index in [1.54, 1.807) is 0 Å². The Bertz CT molecular complexity index is 237. The first kappa shape index (κ1) is 14.3. The molecule has 1 N–H and O–H groups in total. The minimum absolute atomic E-state index is 0.465. The van der Waals surface area contributed by atoms with Gasteiger partial charge in [-0.3, -0.25) is 4.90 Å². The zero-order valence-corrected chi connectivity index (χ0v) is 12.7. The number of hydrogen-bond donors (Lipinski definition) is 1. The van der Waals surface area contributed by atoms with Gasteiger partial charge in [0.05, 0.1) is 0 Å². The highest BCUT2D eigenvalue weighted by atomic mass is 15.2. The van der Waals surface area contributed by atoms with Crippen molar-refractivity contribution in [2.75, 3.05) is 20.1 Å². The summed E-state index contributed by atoms with van der Waals surface area (Å²) in [5, 5.41) is 3.68. The van der Waals surface area contributed by atoms with Crippen LogP contribution in [0.2, 0.25) is 0 Å².